The number of amides is 1. The van der Waals surface area contributed by atoms with Crippen LogP contribution in [0.25, 0.3) is 10.8 Å². The molecule has 0 heterocycles. The molecule has 0 spiro atoms. The fraction of sp³-hybridized carbons (Fsp3) is 0.0526. The maximum absolute atomic E-state index is 12.7. The van der Waals surface area contributed by atoms with Crippen LogP contribution < -0.4 is 15.4 Å². The Morgan fingerprint density at radius 2 is 1.81 bits per heavy atom. The van der Waals surface area contributed by atoms with Crippen LogP contribution in [0, 0.1) is 3.57 Å². The highest BCUT2D eigenvalue weighted by Crippen LogP contribution is 2.26. The lowest BCUT2D eigenvalue weighted by molar-refractivity contribution is 0.0975. The van der Waals surface area contributed by atoms with Gasteiger partial charge in [-0.1, -0.05) is 35.9 Å². The topological polar surface area (TPSA) is 50.4 Å². The predicted octanol–water partition coefficient (Wildman–Crippen LogP) is 5.23. The minimum absolute atomic E-state index is 0.160. The van der Waals surface area contributed by atoms with Crippen molar-refractivity contribution < 1.29 is 9.53 Å². The number of anilines is 1. The van der Waals surface area contributed by atoms with Crippen LogP contribution in [0.3, 0.4) is 0 Å². The quantitative estimate of drug-likeness (QED) is 0.385. The average Bonchev–Trinajstić information content (AvgIpc) is 2.62. The third-order valence-corrected chi connectivity index (χ3v) is 4.91. The van der Waals surface area contributed by atoms with Crippen molar-refractivity contribution in [3.63, 3.8) is 0 Å². The Hall–Kier alpha value is -1.90. The number of hydrogen-bond acceptors (Lipinski definition) is 3. The number of hydrogen-bond donors (Lipinski definition) is 2. The van der Waals surface area contributed by atoms with Crippen molar-refractivity contribution in [2.45, 2.75) is 0 Å². The van der Waals surface area contributed by atoms with Crippen LogP contribution in [-0.2, 0) is 0 Å². The van der Waals surface area contributed by atoms with E-state index in [9.17, 15) is 4.79 Å². The molecule has 0 aromatic heterocycles. The molecule has 0 bridgehead atoms. The first-order valence-corrected chi connectivity index (χ1v) is 9.48. The van der Waals surface area contributed by atoms with E-state index in [0.717, 1.165) is 14.3 Å². The van der Waals surface area contributed by atoms with E-state index in [-0.39, 0.29) is 11.0 Å². The number of fused-ring (bicyclic) bond motifs is 1. The number of halogens is 2. The van der Waals surface area contributed by atoms with E-state index in [1.165, 1.54) is 7.11 Å². The number of carbonyl (C=O) groups is 1. The van der Waals surface area contributed by atoms with Crippen molar-refractivity contribution in [1.29, 1.82) is 0 Å². The highest BCUT2D eigenvalue weighted by atomic mass is 127. The molecule has 0 aliphatic rings. The molecule has 3 aromatic carbocycles. The molecule has 1 amide bonds. The Labute approximate surface area is 175 Å². The van der Waals surface area contributed by atoms with Gasteiger partial charge in [-0.05, 0) is 75.9 Å². The molecule has 26 heavy (non-hydrogen) atoms. The van der Waals surface area contributed by atoms with Gasteiger partial charge in [0.1, 0.15) is 5.75 Å². The largest absolute Gasteiger partial charge is 0.496 e. The first-order valence-electron chi connectivity index (χ1n) is 7.62. The van der Waals surface area contributed by atoms with E-state index in [1.807, 2.05) is 36.4 Å². The molecule has 0 saturated heterocycles. The molecular weight excluding hydrogens is 483 g/mol. The zero-order valence-electron chi connectivity index (χ0n) is 13.7. The number of ether oxygens (including phenoxy) is 1. The van der Waals surface area contributed by atoms with Gasteiger partial charge in [-0.15, -0.1) is 0 Å². The Morgan fingerprint density at radius 3 is 2.46 bits per heavy atom. The standard InChI is InChI=1S/C19H14ClIN2O2S/c1-25-17-9-12-5-3-2-4-11(12)8-14(17)18(24)23-19(26)22-16-7-6-13(21)10-15(16)20/h2-10H,1H3,(H2,22,23,24,26). The summed E-state index contributed by atoms with van der Waals surface area (Å²) >= 11 is 13.6. The SMILES string of the molecule is COc1cc2ccccc2cc1C(=O)NC(=S)Nc1ccc(I)cc1Cl. The van der Waals surface area contributed by atoms with Crippen LogP contribution in [0.2, 0.25) is 5.02 Å². The molecule has 0 aliphatic carbocycles. The van der Waals surface area contributed by atoms with E-state index in [0.29, 0.717) is 22.0 Å². The van der Waals surface area contributed by atoms with Gasteiger partial charge in [-0.3, -0.25) is 10.1 Å². The highest BCUT2D eigenvalue weighted by molar-refractivity contribution is 14.1. The van der Waals surface area contributed by atoms with Crippen LogP contribution in [-0.4, -0.2) is 18.1 Å². The van der Waals surface area contributed by atoms with Crippen molar-refractivity contribution in [3.05, 3.63) is 68.8 Å². The minimum atomic E-state index is -0.355. The van der Waals surface area contributed by atoms with Crippen LogP contribution in [0.1, 0.15) is 10.4 Å². The molecule has 4 nitrogen and oxygen atoms in total. The fourth-order valence-corrected chi connectivity index (χ4v) is 3.59. The van der Waals surface area contributed by atoms with E-state index >= 15 is 0 Å². The van der Waals surface area contributed by atoms with Gasteiger partial charge in [0.15, 0.2) is 5.11 Å². The van der Waals surface area contributed by atoms with Gasteiger partial charge in [0.05, 0.1) is 23.4 Å². The summed E-state index contributed by atoms with van der Waals surface area (Å²) in [7, 11) is 1.53. The third kappa shape index (κ3) is 4.25. The molecular formula is C19H14ClIN2O2S. The second-order valence-electron chi connectivity index (χ2n) is 5.43. The zero-order chi connectivity index (χ0) is 18.7. The van der Waals surface area contributed by atoms with Gasteiger partial charge >= 0.3 is 0 Å². The lowest BCUT2D eigenvalue weighted by Gasteiger charge is -2.13. The Morgan fingerprint density at radius 1 is 1.12 bits per heavy atom. The van der Waals surface area contributed by atoms with Crippen molar-refractivity contribution in [3.8, 4) is 5.75 Å². The van der Waals surface area contributed by atoms with Crippen molar-refractivity contribution in [2.24, 2.45) is 0 Å². The summed E-state index contributed by atoms with van der Waals surface area (Å²) in [4.78, 5) is 12.7. The summed E-state index contributed by atoms with van der Waals surface area (Å²) < 4.78 is 6.37. The monoisotopic (exact) mass is 496 g/mol. The molecule has 0 aliphatic heterocycles. The lowest BCUT2D eigenvalue weighted by Crippen LogP contribution is -2.34. The van der Waals surface area contributed by atoms with Gasteiger partial charge < -0.3 is 10.1 Å². The smallest absolute Gasteiger partial charge is 0.261 e. The number of thiocarbonyl (C=S) groups is 1. The summed E-state index contributed by atoms with van der Waals surface area (Å²) in [5, 5.41) is 8.22. The van der Waals surface area contributed by atoms with E-state index < -0.39 is 0 Å². The Kier molecular flexibility index (Phi) is 5.95. The predicted molar refractivity (Wildman–Crippen MR) is 118 cm³/mol. The van der Waals surface area contributed by atoms with Gasteiger partial charge in [-0.2, -0.15) is 0 Å². The Balaban J connectivity index is 1.80. The first kappa shape index (κ1) is 18.9. The highest BCUT2D eigenvalue weighted by Gasteiger charge is 2.15. The number of nitrogens with one attached hydrogen (secondary N) is 2. The van der Waals surface area contributed by atoms with Crippen molar-refractivity contribution >= 4 is 73.9 Å². The number of methoxy groups -OCH3 is 1. The molecule has 2 N–H and O–H groups in total. The summed E-state index contributed by atoms with van der Waals surface area (Å²) in [5.41, 5.74) is 1.03. The molecule has 0 unspecified atom stereocenters. The molecule has 0 saturated carbocycles. The second kappa shape index (κ2) is 8.20. The summed E-state index contributed by atoms with van der Waals surface area (Å²) in [6, 6.07) is 16.9. The molecule has 0 fully saturated rings. The van der Waals surface area contributed by atoms with Crippen LogP contribution in [0.4, 0.5) is 5.69 Å². The van der Waals surface area contributed by atoms with Gasteiger partial charge in [0, 0.05) is 3.57 Å². The minimum Gasteiger partial charge on any atom is -0.496 e. The Bertz CT molecular complexity index is 1010. The number of carbonyl (C=O) groups excluding carboxylic acids is 1. The maximum Gasteiger partial charge on any atom is 0.261 e. The van der Waals surface area contributed by atoms with Crippen molar-refractivity contribution in [2.75, 3.05) is 12.4 Å². The summed E-state index contributed by atoms with van der Waals surface area (Å²) in [6.45, 7) is 0. The number of rotatable bonds is 3. The van der Waals surface area contributed by atoms with Gasteiger partial charge in [0.25, 0.3) is 5.91 Å². The molecule has 3 rings (SSSR count). The van der Waals surface area contributed by atoms with Crippen LogP contribution >= 0.6 is 46.4 Å². The fourth-order valence-electron chi connectivity index (χ4n) is 2.48. The van der Waals surface area contributed by atoms with Gasteiger partial charge in [0.2, 0.25) is 0 Å². The van der Waals surface area contributed by atoms with E-state index in [1.54, 1.807) is 18.2 Å². The molecule has 0 radical (unpaired) electrons. The van der Waals surface area contributed by atoms with E-state index in [4.69, 9.17) is 28.6 Å². The normalized spacial score (nSPS) is 10.4. The average molecular weight is 497 g/mol. The zero-order valence-corrected chi connectivity index (χ0v) is 17.4. The first-order chi connectivity index (χ1) is 12.5. The third-order valence-electron chi connectivity index (χ3n) is 3.72. The molecule has 132 valence electrons. The number of benzene rings is 3. The van der Waals surface area contributed by atoms with Crippen LogP contribution in [0.15, 0.2) is 54.6 Å². The summed E-state index contributed by atoms with van der Waals surface area (Å²) in [6.07, 6.45) is 0. The molecule has 7 heteroatoms. The van der Waals surface area contributed by atoms with E-state index in [2.05, 4.69) is 33.2 Å². The van der Waals surface area contributed by atoms with Crippen molar-refractivity contribution in [1.82, 2.24) is 5.32 Å². The lowest BCUT2D eigenvalue weighted by atomic mass is 10.1. The summed E-state index contributed by atoms with van der Waals surface area (Å²) in [5.74, 6) is 0.128. The van der Waals surface area contributed by atoms with Gasteiger partial charge in [-0.25, -0.2) is 0 Å². The second-order valence-corrected chi connectivity index (χ2v) is 7.49. The molecule has 3 aromatic rings. The van der Waals surface area contributed by atoms with Crippen LogP contribution in [0.5, 0.6) is 5.75 Å². The molecule has 0 atom stereocenters. The maximum atomic E-state index is 12.7.